The third-order valence-corrected chi connectivity index (χ3v) is 3.32. The summed E-state index contributed by atoms with van der Waals surface area (Å²) in [6.07, 6.45) is 1.02. The highest BCUT2D eigenvalue weighted by Gasteiger charge is 1.97. The Balaban J connectivity index is 1.71. The van der Waals surface area contributed by atoms with E-state index >= 15 is 0 Å². The zero-order chi connectivity index (χ0) is 14.9. The minimum atomic E-state index is 0.616. The van der Waals surface area contributed by atoms with Gasteiger partial charge in [-0.1, -0.05) is 28.9 Å². The maximum Gasteiger partial charge on any atom is 0.120 e. The molecule has 0 aromatic heterocycles. The minimum absolute atomic E-state index is 0.616. The van der Waals surface area contributed by atoms with E-state index in [0.29, 0.717) is 6.61 Å². The molecule has 1 N–H and O–H groups in total. The zero-order valence-electron chi connectivity index (χ0n) is 12.1. The zero-order valence-corrected chi connectivity index (χ0v) is 13.7. The van der Waals surface area contributed by atoms with Gasteiger partial charge in [0.2, 0.25) is 0 Å². The SMILES string of the molecule is CCCOc1ccc(NCCOc2cccc(Br)c2)cc1. The van der Waals surface area contributed by atoms with E-state index in [1.807, 2.05) is 48.5 Å². The molecular formula is C17H20BrNO2. The fourth-order valence-corrected chi connectivity index (χ4v) is 2.19. The molecule has 0 spiro atoms. The summed E-state index contributed by atoms with van der Waals surface area (Å²) >= 11 is 3.42. The standard InChI is InChI=1S/C17H20BrNO2/c1-2-11-20-16-8-6-15(7-9-16)19-10-12-21-17-5-3-4-14(18)13-17/h3-9,13,19H,2,10-12H2,1H3. The molecule has 0 fully saturated rings. The van der Waals surface area contributed by atoms with Gasteiger partial charge in [-0.3, -0.25) is 0 Å². The summed E-state index contributed by atoms with van der Waals surface area (Å²) in [5.74, 6) is 1.78. The molecule has 0 amide bonds. The van der Waals surface area contributed by atoms with Crippen molar-refractivity contribution in [2.45, 2.75) is 13.3 Å². The van der Waals surface area contributed by atoms with Crippen LogP contribution in [0.3, 0.4) is 0 Å². The second-order valence-corrected chi connectivity index (χ2v) is 5.52. The topological polar surface area (TPSA) is 30.5 Å². The van der Waals surface area contributed by atoms with Crippen LogP contribution in [0.2, 0.25) is 0 Å². The van der Waals surface area contributed by atoms with Crippen molar-refractivity contribution in [3.63, 3.8) is 0 Å². The molecule has 0 bridgehead atoms. The van der Waals surface area contributed by atoms with Gasteiger partial charge in [0.15, 0.2) is 0 Å². The van der Waals surface area contributed by atoms with Crippen molar-refractivity contribution >= 4 is 21.6 Å². The van der Waals surface area contributed by atoms with Crippen LogP contribution in [0.5, 0.6) is 11.5 Å². The number of hydrogen-bond acceptors (Lipinski definition) is 3. The molecule has 2 aromatic carbocycles. The van der Waals surface area contributed by atoms with E-state index in [0.717, 1.165) is 41.2 Å². The van der Waals surface area contributed by atoms with E-state index in [2.05, 4.69) is 28.2 Å². The minimum Gasteiger partial charge on any atom is -0.494 e. The summed E-state index contributed by atoms with van der Waals surface area (Å²) in [6.45, 7) is 4.22. The Morgan fingerprint density at radius 1 is 0.952 bits per heavy atom. The van der Waals surface area contributed by atoms with E-state index in [-0.39, 0.29) is 0 Å². The van der Waals surface area contributed by atoms with Crippen molar-refractivity contribution in [1.82, 2.24) is 0 Å². The monoisotopic (exact) mass is 349 g/mol. The Kier molecular flexibility index (Phi) is 6.41. The Hall–Kier alpha value is -1.68. The quantitative estimate of drug-likeness (QED) is 0.699. The van der Waals surface area contributed by atoms with Crippen LogP contribution in [0.25, 0.3) is 0 Å². The normalized spacial score (nSPS) is 10.2. The lowest BCUT2D eigenvalue weighted by atomic mass is 10.3. The highest BCUT2D eigenvalue weighted by atomic mass is 79.9. The van der Waals surface area contributed by atoms with Crippen molar-refractivity contribution in [2.75, 3.05) is 25.1 Å². The first-order valence-corrected chi connectivity index (χ1v) is 7.92. The fraction of sp³-hybridized carbons (Fsp3) is 0.294. The van der Waals surface area contributed by atoms with Crippen LogP contribution in [-0.4, -0.2) is 19.8 Å². The molecule has 21 heavy (non-hydrogen) atoms. The molecule has 0 aliphatic carbocycles. The lowest BCUT2D eigenvalue weighted by Crippen LogP contribution is -2.11. The summed E-state index contributed by atoms with van der Waals surface area (Å²) in [5.41, 5.74) is 1.07. The van der Waals surface area contributed by atoms with Crippen LogP contribution in [0.15, 0.2) is 53.0 Å². The second kappa shape index (κ2) is 8.57. The van der Waals surface area contributed by atoms with E-state index in [1.165, 1.54) is 0 Å². The van der Waals surface area contributed by atoms with Gasteiger partial charge in [0.05, 0.1) is 6.61 Å². The molecule has 0 radical (unpaired) electrons. The lowest BCUT2D eigenvalue weighted by Gasteiger charge is -2.10. The van der Waals surface area contributed by atoms with Gasteiger partial charge in [-0.25, -0.2) is 0 Å². The Bertz CT molecular complexity index is 543. The average Bonchev–Trinajstić information content (AvgIpc) is 2.51. The first-order valence-electron chi connectivity index (χ1n) is 7.13. The molecule has 3 nitrogen and oxygen atoms in total. The molecule has 112 valence electrons. The third-order valence-electron chi connectivity index (χ3n) is 2.82. The Labute approximate surface area is 134 Å². The molecule has 0 aliphatic heterocycles. The number of rotatable bonds is 8. The largest absolute Gasteiger partial charge is 0.494 e. The third kappa shape index (κ3) is 5.68. The molecule has 0 saturated heterocycles. The van der Waals surface area contributed by atoms with Crippen LogP contribution in [-0.2, 0) is 0 Å². The number of benzene rings is 2. The summed E-state index contributed by atoms with van der Waals surface area (Å²) in [4.78, 5) is 0. The van der Waals surface area contributed by atoms with Crippen LogP contribution >= 0.6 is 15.9 Å². The van der Waals surface area contributed by atoms with Gasteiger partial charge in [-0.2, -0.15) is 0 Å². The first kappa shape index (κ1) is 15.7. The van der Waals surface area contributed by atoms with Crippen molar-refractivity contribution in [2.24, 2.45) is 0 Å². The maximum absolute atomic E-state index is 5.67. The molecule has 0 atom stereocenters. The highest BCUT2D eigenvalue weighted by Crippen LogP contribution is 2.18. The van der Waals surface area contributed by atoms with Gasteiger partial charge in [-0.15, -0.1) is 0 Å². The molecule has 4 heteroatoms. The molecular weight excluding hydrogens is 330 g/mol. The summed E-state index contributed by atoms with van der Waals surface area (Å²) in [5, 5.41) is 3.32. The summed E-state index contributed by atoms with van der Waals surface area (Å²) < 4.78 is 12.2. The number of halogens is 1. The van der Waals surface area contributed by atoms with Gasteiger partial charge < -0.3 is 14.8 Å². The number of nitrogens with one attached hydrogen (secondary N) is 1. The summed E-state index contributed by atoms with van der Waals surface area (Å²) in [7, 11) is 0. The first-order chi connectivity index (χ1) is 10.3. The van der Waals surface area contributed by atoms with E-state index in [1.54, 1.807) is 0 Å². The number of ether oxygens (including phenoxy) is 2. The van der Waals surface area contributed by atoms with Gasteiger partial charge in [-0.05, 0) is 48.9 Å². The molecule has 0 aliphatic rings. The maximum atomic E-state index is 5.67. The molecule has 0 saturated carbocycles. The number of anilines is 1. The fourth-order valence-electron chi connectivity index (χ4n) is 1.81. The van der Waals surface area contributed by atoms with Crippen LogP contribution in [0.4, 0.5) is 5.69 Å². The van der Waals surface area contributed by atoms with Gasteiger partial charge >= 0.3 is 0 Å². The predicted molar refractivity (Wildman–Crippen MR) is 90.4 cm³/mol. The highest BCUT2D eigenvalue weighted by molar-refractivity contribution is 9.10. The Morgan fingerprint density at radius 3 is 2.43 bits per heavy atom. The van der Waals surface area contributed by atoms with Crippen molar-refractivity contribution < 1.29 is 9.47 Å². The van der Waals surface area contributed by atoms with Crippen molar-refractivity contribution in [3.8, 4) is 11.5 Å². The van der Waals surface area contributed by atoms with E-state index < -0.39 is 0 Å². The molecule has 0 heterocycles. The smallest absolute Gasteiger partial charge is 0.120 e. The molecule has 0 unspecified atom stereocenters. The second-order valence-electron chi connectivity index (χ2n) is 4.61. The van der Waals surface area contributed by atoms with E-state index in [9.17, 15) is 0 Å². The van der Waals surface area contributed by atoms with Crippen LogP contribution in [0, 0.1) is 0 Å². The van der Waals surface area contributed by atoms with E-state index in [4.69, 9.17) is 9.47 Å². The Morgan fingerprint density at radius 2 is 1.71 bits per heavy atom. The van der Waals surface area contributed by atoms with Crippen molar-refractivity contribution in [3.05, 3.63) is 53.0 Å². The van der Waals surface area contributed by atoms with Gasteiger partial charge in [0, 0.05) is 16.7 Å². The molecule has 2 rings (SSSR count). The molecule has 2 aromatic rings. The number of hydrogen-bond donors (Lipinski definition) is 1. The average molecular weight is 350 g/mol. The van der Waals surface area contributed by atoms with Gasteiger partial charge in [0.1, 0.15) is 18.1 Å². The van der Waals surface area contributed by atoms with Crippen molar-refractivity contribution in [1.29, 1.82) is 0 Å². The summed E-state index contributed by atoms with van der Waals surface area (Å²) in [6, 6.07) is 15.8. The van der Waals surface area contributed by atoms with Crippen LogP contribution < -0.4 is 14.8 Å². The van der Waals surface area contributed by atoms with Crippen LogP contribution in [0.1, 0.15) is 13.3 Å². The predicted octanol–water partition coefficient (Wildman–Crippen LogP) is 4.73. The lowest BCUT2D eigenvalue weighted by molar-refractivity contribution is 0.317. The van der Waals surface area contributed by atoms with Gasteiger partial charge in [0.25, 0.3) is 0 Å².